The highest BCUT2D eigenvalue weighted by Crippen LogP contribution is 2.29. The molecule has 0 aliphatic carbocycles. The van der Waals surface area contributed by atoms with Gasteiger partial charge in [0.1, 0.15) is 0 Å². The van der Waals surface area contributed by atoms with E-state index >= 15 is 0 Å². The first-order chi connectivity index (χ1) is 10.6. The number of fused-ring (bicyclic) bond motifs is 2. The Morgan fingerprint density at radius 3 is 2.86 bits per heavy atom. The molecule has 4 aromatic rings. The van der Waals surface area contributed by atoms with E-state index < -0.39 is 5.97 Å². The van der Waals surface area contributed by atoms with Gasteiger partial charge in [-0.2, -0.15) is 5.10 Å². The molecule has 0 amide bonds. The molecule has 0 aliphatic rings. The molecule has 2 N–H and O–H groups in total. The second kappa shape index (κ2) is 4.46. The van der Waals surface area contributed by atoms with Crippen LogP contribution in [0.5, 0.6) is 0 Å². The van der Waals surface area contributed by atoms with Crippen molar-refractivity contribution in [2.75, 3.05) is 0 Å². The van der Waals surface area contributed by atoms with Crippen LogP contribution in [0, 0.1) is 0 Å². The number of rotatable bonds is 2. The fourth-order valence-corrected chi connectivity index (χ4v) is 2.80. The van der Waals surface area contributed by atoms with Crippen LogP contribution in [0.1, 0.15) is 10.4 Å². The van der Waals surface area contributed by atoms with E-state index in [0.717, 1.165) is 33.1 Å². The molecule has 0 atom stereocenters. The molecular formula is C17H13N3O2. The van der Waals surface area contributed by atoms with Gasteiger partial charge in [-0.3, -0.25) is 5.10 Å². The van der Waals surface area contributed by atoms with Gasteiger partial charge in [-0.15, -0.1) is 0 Å². The predicted molar refractivity (Wildman–Crippen MR) is 85.0 cm³/mol. The van der Waals surface area contributed by atoms with Gasteiger partial charge in [0.15, 0.2) is 0 Å². The van der Waals surface area contributed by atoms with Crippen molar-refractivity contribution < 1.29 is 9.90 Å². The molecule has 5 nitrogen and oxygen atoms in total. The second-order valence-corrected chi connectivity index (χ2v) is 5.34. The lowest BCUT2D eigenvalue weighted by atomic mass is 10.0. The van der Waals surface area contributed by atoms with Gasteiger partial charge < -0.3 is 9.67 Å². The Morgan fingerprint density at radius 1 is 1.18 bits per heavy atom. The molecule has 0 unspecified atom stereocenters. The zero-order valence-electron chi connectivity index (χ0n) is 11.9. The average molecular weight is 291 g/mol. The Kier molecular flexibility index (Phi) is 2.56. The van der Waals surface area contributed by atoms with E-state index in [4.69, 9.17) is 5.11 Å². The van der Waals surface area contributed by atoms with Gasteiger partial charge in [-0.05, 0) is 36.4 Å². The molecule has 5 heteroatoms. The summed E-state index contributed by atoms with van der Waals surface area (Å²) >= 11 is 0. The van der Waals surface area contributed by atoms with Crippen LogP contribution in [0.2, 0.25) is 0 Å². The van der Waals surface area contributed by atoms with Gasteiger partial charge in [0.25, 0.3) is 0 Å². The molecule has 0 radical (unpaired) electrons. The summed E-state index contributed by atoms with van der Waals surface area (Å²) < 4.78 is 2.07. The lowest BCUT2D eigenvalue weighted by Gasteiger charge is -2.01. The van der Waals surface area contributed by atoms with Crippen molar-refractivity contribution >= 4 is 27.8 Å². The van der Waals surface area contributed by atoms with E-state index in [0.29, 0.717) is 0 Å². The Balaban J connectivity index is 1.90. The van der Waals surface area contributed by atoms with Gasteiger partial charge in [0.2, 0.25) is 0 Å². The number of H-pyrrole nitrogens is 1. The van der Waals surface area contributed by atoms with Crippen LogP contribution in [0.4, 0.5) is 0 Å². The molecule has 0 fully saturated rings. The number of nitrogens with one attached hydrogen (secondary N) is 1. The third-order valence-corrected chi connectivity index (χ3v) is 3.97. The maximum atomic E-state index is 11.0. The Labute approximate surface area is 125 Å². The van der Waals surface area contributed by atoms with E-state index in [-0.39, 0.29) is 5.56 Å². The van der Waals surface area contributed by atoms with Crippen molar-refractivity contribution in [2.45, 2.75) is 0 Å². The monoisotopic (exact) mass is 291 g/mol. The van der Waals surface area contributed by atoms with Crippen molar-refractivity contribution in [2.24, 2.45) is 7.05 Å². The number of aromatic amines is 1. The maximum absolute atomic E-state index is 11.0. The zero-order chi connectivity index (χ0) is 15.3. The lowest BCUT2D eigenvalue weighted by Crippen LogP contribution is -1.94. The number of carboxylic acid groups (broad SMARTS) is 1. The van der Waals surface area contributed by atoms with E-state index in [1.165, 1.54) is 0 Å². The number of benzene rings is 2. The largest absolute Gasteiger partial charge is 0.478 e. The molecule has 108 valence electrons. The highest BCUT2D eigenvalue weighted by molar-refractivity contribution is 5.99. The van der Waals surface area contributed by atoms with Crippen molar-refractivity contribution in [3.8, 4) is 11.3 Å². The quantitative estimate of drug-likeness (QED) is 0.594. The first kappa shape index (κ1) is 12.6. The summed E-state index contributed by atoms with van der Waals surface area (Å²) in [5.41, 5.74) is 3.98. The summed E-state index contributed by atoms with van der Waals surface area (Å²) in [5.74, 6) is -0.941. The highest BCUT2D eigenvalue weighted by atomic mass is 16.4. The van der Waals surface area contributed by atoms with E-state index in [2.05, 4.69) is 33.0 Å². The number of aromatic nitrogens is 3. The summed E-state index contributed by atoms with van der Waals surface area (Å²) in [7, 11) is 2.01. The summed E-state index contributed by atoms with van der Waals surface area (Å²) in [6, 6.07) is 13.3. The molecule has 0 aliphatic heterocycles. The van der Waals surface area contributed by atoms with Gasteiger partial charge >= 0.3 is 5.97 Å². The zero-order valence-corrected chi connectivity index (χ0v) is 11.9. The van der Waals surface area contributed by atoms with Crippen LogP contribution in [0.15, 0.2) is 48.7 Å². The second-order valence-electron chi connectivity index (χ2n) is 5.34. The standard InChI is InChI=1S/C17H13N3O2/c1-20-7-6-10-8-11(3-5-15(10)20)16-13-4-2-12(17(21)22)9-14(13)18-19-16/h2-9H,1H3,(H,18,19)(H,21,22). The molecular weight excluding hydrogens is 278 g/mol. The molecule has 0 saturated heterocycles. The number of aromatic carboxylic acids is 1. The number of carbonyl (C=O) groups is 1. The van der Waals surface area contributed by atoms with E-state index in [1.54, 1.807) is 18.2 Å². The Bertz CT molecular complexity index is 1030. The van der Waals surface area contributed by atoms with Gasteiger partial charge in [0.05, 0.1) is 16.8 Å². The molecule has 0 spiro atoms. The van der Waals surface area contributed by atoms with Crippen molar-refractivity contribution in [1.82, 2.24) is 14.8 Å². The third kappa shape index (κ3) is 1.79. The SMILES string of the molecule is Cn1ccc2cc(-c3n[nH]c4cc(C(=O)O)ccc34)ccc21. The molecule has 2 aromatic carbocycles. The fourth-order valence-electron chi connectivity index (χ4n) is 2.80. The topological polar surface area (TPSA) is 70.9 Å². The molecule has 2 aromatic heterocycles. The number of hydrogen-bond donors (Lipinski definition) is 2. The number of carboxylic acids is 1. The minimum absolute atomic E-state index is 0.251. The third-order valence-electron chi connectivity index (χ3n) is 3.97. The van der Waals surface area contributed by atoms with Crippen molar-refractivity contribution in [3.63, 3.8) is 0 Å². The molecule has 22 heavy (non-hydrogen) atoms. The van der Waals surface area contributed by atoms with Crippen LogP contribution < -0.4 is 0 Å². The minimum atomic E-state index is -0.941. The fraction of sp³-hybridized carbons (Fsp3) is 0.0588. The van der Waals surface area contributed by atoms with Crippen LogP contribution >= 0.6 is 0 Å². The van der Waals surface area contributed by atoms with E-state index in [1.807, 2.05) is 19.3 Å². The summed E-state index contributed by atoms with van der Waals surface area (Å²) in [6.07, 6.45) is 2.02. The summed E-state index contributed by atoms with van der Waals surface area (Å²) in [6.45, 7) is 0. The Hall–Kier alpha value is -3.08. The lowest BCUT2D eigenvalue weighted by molar-refractivity contribution is 0.0697. The van der Waals surface area contributed by atoms with E-state index in [9.17, 15) is 4.79 Å². The normalized spacial score (nSPS) is 11.3. The first-order valence-corrected chi connectivity index (χ1v) is 6.90. The predicted octanol–water partition coefficient (Wildman–Crippen LogP) is 3.42. The van der Waals surface area contributed by atoms with Crippen LogP contribution in [0.3, 0.4) is 0 Å². The Morgan fingerprint density at radius 2 is 2.05 bits per heavy atom. The summed E-state index contributed by atoms with van der Waals surface area (Å²) in [5, 5.41) is 18.4. The highest BCUT2D eigenvalue weighted by Gasteiger charge is 2.11. The molecule has 0 saturated carbocycles. The van der Waals surface area contributed by atoms with Gasteiger partial charge in [-0.25, -0.2) is 4.79 Å². The minimum Gasteiger partial charge on any atom is -0.478 e. The number of aryl methyl sites for hydroxylation is 1. The van der Waals surface area contributed by atoms with Crippen LogP contribution in [0.25, 0.3) is 33.1 Å². The molecule has 4 rings (SSSR count). The number of hydrogen-bond acceptors (Lipinski definition) is 2. The smallest absolute Gasteiger partial charge is 0.335 e. The van der Waals surface area contributed by atoms with Crippen LogP contribution in [-0.4, -0.2) is 25.8 Å². The number of nitrogens with zero attached hydrogens (tertiary/aromatic N) is 2. The van der Waals surface area contributed by atoms with Gasteiger partial charge in [0, 0.05) is 35.1 Å². The van der Waals surface area contributed by atoms with Crippen molar-refractivity contribution in [3.05, 3.63) is 54.2 Å². The summed E-state index contributed by atoms with van der Waals surface area (Å²) in [4.78, 5) is 11.0. The van der Waals surface area contributed by atoms with Gasteiger partial charge in [-0.1, -0.05) is 6.07 Å². The van der Waals surface area contributed by atoms with Crippen LogP contribution in [-0.2, 0) is 7.05 Å². The molecule has 0 bridgehead atoms. The maximum Gasteiger partial charge on any atom is 0.335 e. The molecule has 2 heterocycles. The first-order valence-electron chi connectivity index (χ1n) is 6.90. The average Bonchev–Trinajstić information content (AvgIpc) is 3.10. The van der Waals surface area contributed by atoms with Crippen molar-refractivity contribution in [1.29, 1.82) is 0 Å².